The van der Waals surface area contributed by atoms with Crippen molar-refractivity contribution in [2.75, 3.05) is 33.4 Å². The second-order valence-electron chi connectivity index (χ2n) is 8.64. The Morgan fingerprint density at radius 2 is 1.66 bits per heavy atom. The van der Waals surface area contributed by atoms with E-state index in [1.807, 2.05) is 68.1 Å². The summed E-state index contributed by atoms with van der Waals surface area (Å²) in [5, 5.41) is 0. The first-order valence-electron chi connectivity index (χ1n) is 11.1. The first kappa shape index (κ1) is 24.4. The Labute approximate surface area is 192 Å². The minimum atomic E-state index is -3.58. The summed E-state index contributed by atoms with van der Waals surface area (Å²) in [6.07, 6.45) is 1.06. The Morgan fingerprint density at radius 1 is 1.06 bits per heavy atom. The fraction of sp³-hybridized carbons (Fsp3) is 0.480. The molecule has 1 amide bonds. The number of amides is 1. The Bertz CT molecular complexity index is 1010. The van der Waals surface area contributed by atoms with Gasteiger partial charge in [-0.1, -0.05) is 48.0 Å². The number of sulfonamides is 1. The molecule has 0 unspecified atom stereocenters. The fourth-order valence-electron chi connectivity index (χ4n) is 4.58. The lowest BCUT2D eigenvalue weighted by molar-refractivity contribution is -0.138. The van der Waals surface area contributed by atoms with Crippen LogP contribution >= 0.6 is 0 Å². The van der Waals surface area contributed by atoms with Crippen LogP contribution in [0.4, 0.5) is 0 Å². The first-order valence-corrected chi connectivity index (χ1v) is 12.6. The molecule has 2 aromatic rings. The van der Waals surface area contributed by atoms with Crippen molar-refractivity contribution in [2.24, 2.45) is 5.92 Å². The minimum absolute atomic E-state index is 0.0747. The molecule has 174 valence electrons. The average Bonchev–Trinajstić information content (AvgIpc) is 2.76. The monoisotopic (exact) mass is 458 g/mol. The van der Waals surface area contributed by atoms with Crippen molar-refractivity contribution in [2.45, 2.75) is 45.1 Å². The lowest BCUT2D eigenvalue weighted by atomic mass is 9.96. The number of rotatable bonds is 8. The molecule has 0 radical (unpaired) electrons. The number of nitrogens with zero attached hydrogens (tertiary/aromatic N) is 2. The van der Waals surface area contributed by atoms with Gasteiger partial charge in [0.1, 0.15) is 0 Å². The van der Waals surface area contributed by atoms with Crippen LogP contribution in [-0.4, -0.2) is 56.9 Å². The molecule has 0 aromatic heterocycles. The van der Waals surface area contributed by atoms with Crippen LogP contribution in [-0.2, 0) is 26.1 Å². The second kappa shape index (κ2) is 10.6. The molecule has 1 aliphatic heterocycles. The van der Waals surface area contributed by atoms with Crippen LogP contribution in [0.1, 0.15) is 35.1 Å². The van der Waals surface area contributed by atoms with Crippen molar-refractivity contribution in [3.05, 3.63) is 64.7 Å². The smallest absolute Gasteiger partial charge is 0.243 e. The fourth-order valence-corrected chi connectivity index (χ4v) is 6.46. The van der Waals surface area contributed by atoms with Crippen LogP contribution in [0.3, 0.4) is 0 Å². The van der Waals surface area contributed by atoms with E-state index < -0.39 is 10.0 Å². The quantitative estimate of drug-likeness (QED) is 0.605. The number of hydrogen-bond donors (Lipinski definition) is 0. The Hall–Kier alpha value is -2.22. The largest absolute Gasteiger partial charge is 0.383 e. The lowest BCUT2D eigenvalue weighted by Gasteiger charge is -2.34. The van der Waals surface area contributed by atoms with Gasteiger partial charge in [0.05, 0.1) is 11.5 Å². The molecule has 0 atom stereocenters. The van der Waals surface area contributed by atoms with Crippen LogP contribution in [0.5, 0.6) is 0 Å². The zero-order chi connectivity index (χ0) is 23.3. The van der Waals surface area contributed by atoms with Crippen molar-refractivity contribution in [1.29, 1.82) is 0 Å². The number of benzene rings is 2. The van der Waals surface area contributed by atoms with Gasteiger partial charge in [-0.05, 0) is 50.3 Å². The SMILES string of the molecule is COCCN(Cc1ccccc1)C(=O)C1CCN(S(=O)(=O)c2c(C)cc(C)cc2C)CC1. The van der Waals surface area contributed by atoms with Crippen molar-refractivity contribution in [1.82, 2.24) is 9.21 Å². The summed E-state index contributed by atoms with van der Waals surface area (Å²) < 4.78 is 33.4. The van der Waals surface area contributed by atoms with Gasteiger partial charge >= 0.3 is 0 Å². The van der Waals surface area contributed by atoms with Gasteiger partial charge in [0.15, 0.2) is 0 Å². The van der Waals surface area contributed by atoms with Crippen LogP contribution in [0, 0.1) is 26.7 Å². The molecule has 3 rings (SSSR count). The maximum Gasteiger partial charge on any atom is 0.243 e. The molecular formula is C25H34N2O4S. The molecule has 7 heteroatoms. The summed E-state index contributed by atoms with van der Waals surface area (Å²) in [6.45, 7) is 7.90. The predicted octanol–water partition coefficient (Wildman–Crippen LogP) is 3.69. The van der Waals surface area contributed by atoms with Gasteiger partial charge in [0.25, 0.3) is 0 Å². The molecule has 0 saturated carbocycles. The third kappa shape index (κ3) is 5.57. The maximum atomic E-state index is 13.3. The standard InChI is InChI=1S/C25H34N2O4S/c1-19-16-20(2)24(21(3)17-19)32(29,30)27-12-10-23(11-13-27)25(28)26(14-15-31-4)18-22-8-6-5-7-9-22/h5-9,16-17,23H,10-15,18H2,1-4H3. The third-order valence-corrected chi connectivity index (χ3v) is 8.30. The summed E-state index contributed by atoms with van der Waals surface area (Å²) in [7, 11) is -1.96. The highest BCUT2D eigenvalue weighted by Crippen LogP contribution is 2.29. The highest BCUT2D eigenvalue weighted by atomic mass is 32.2. The van der Waals surface area contributed by atoms with Crippen LogP contribution < -0.4 is 0 Å². The lowest BCUT2D eigenvalue weighted by Crippen LogP contribution is -2.45. The van der Waals surface area contributed by atoms with Gasteiger partial charge in [0.2, 0.25) is 15.9 Å². The van der Waals surface area contributed by atoms with E-state index in [9.17, 15) is 13.2 Å². The van der Waals surface area contributed by atoms with Crippen LogP contribution in [0.25, 0.3) is 0 Å². The van der Waals surface area contributed by atoms with Gasteiger partial charge < -0.3 is 9.64 Å². The van der Waals surface area contributed by atoms with E-state index in [4.69, 9.17) is 4.74 Å². The zero-order valence-corrected chi connectivity index (χ0v) is 20.3. The number of carbonyl (C=O) groups is 1. The number of methoxy groups -OCH3 is 1. The molecule has 1 fully saturated rings. The predicted molar refractivity (Wildman–Crippen MR) is 126 cm³/mol. The van der Waals surface area contributed by atoms with Gasteiger partial charge in [0, 0.05) is 39.2 Å². The van der Waals surface area contributed by atoms with Crippen LogP contribution in [0.15, 0.2) is 47.4 Å². The van der Waals surface area contributed by atoms with Gasteiger partial charge in [-0.15, -0.1) is 0 Å². The highest BCUT2D eigenvalue weighted by molar-refractivity contribution is 7.89. The summed E-state index contributed by atoms with van der Waals surface area (Å²) in [5.41, 5.74) is 3.67. The van der Waals surface area contributed by atoms with E-state index in [0.29, 0.717) is 50.5 Å². The highest BCUT2D eigenvalue weighted by Gasteiger charge is 2.35. The van der Waals surface area contributed by atoms with E-state index in [0.717, 1.165) is 22.3 Å². The second-order valence-corrected chi connectivity index (χ2v) is 10.5. The Balaban J connectivity index is 1.70. The van der Waals surface area contributed by atoms with E-state index >= 15 is 0 Å². The molecule has 0 spiro atoms. The molecule has 1 aliphatic rings. The van der Waals surface area contributed by atoms with Crippen molar-refractivity contribution in [3.63, 3.8) is 0 Å². The number of carbonyl (C=O) groups excluding carboxylic acids is 1. The van der Waals surface area contributed by atoms with Crippen molar-refractivity contribution >= 4 is 15.9 Å². The summed E-state index contributed by atoms with van der Waals surface area (Å²) in [4.78, 5) is 15.5. The maximum absolute atomic E-state index is 13.3. The van der Waals surface area contributed by atoms with Gasteiger partial charge in [-0.2, -0.15) is 4.31 Å². The van der Waals surface area contributed by atoms with Gasteiger partial charge in [-0.25, -0.2) is 8.42 Å². The van der Waals surface area contributed by atoms with E-state index in [2.05, 4.69) is 0 Å². The van der Waals surface area contributed by atoms with Crippen molar-refractivity contribution < 1.29 is 17.9 Å². The topological polar surface area (TPSA) is 66.9 Å². The summed E-state index contributed by atoms with van der Waals surface area (Å²) in [6, 6.07) is 13.7. The molecule has 2 aromatic carbocycles. The molecule has 1 heterocycles. The van der Waals surface area contributed by atoms with E-state index in [1.165, 1.54) is 4.31 Å². The number of piperidine rings is 1. The number of ether oxygens (including phenoxy) is 1. The third-order valence-electron chi connectivity index (χ3n) is 6.10. The van der Waals surface area contributed by atoms with E-state index in [1.54, 1.807) is 7.11 Å². The number of aryl methyl sites for hydroxylation is 3. The molecule has 1 saturated heterocycles. The molecule has 6 nitrogen and oxygen atoms in total. The molecule has 0 aliphatic carbocycles. The molecular weight excluding hydrogens is 424 g/mol. The normalized spacial score (nSPS) is 15.6. The Kier molecular flexibility index (Phi) is 8.09. The number of hydrogen-bond acceptors (Lipinski definition) is 4. The Morgan fingerprint density at radius 3 is 2.22 bits per heavy atom. The van der Waals surface area contributed by atoms with E-state index in [-0.39, 0.29) is 11.8 Å². The summed E-state index contributed by atoms with van der Waals surface area (Å²) >= 11 is 0. The first-order chi connectivity index (χ1) is 15.2. The van der Waals surface area contributed by atoms with Crippen LogP contribution in [0.2, 0.25) is 0 Å². The molecule has 0 bridgehead atoms. The van der Waals surface area contributed by atoms with Gasteiger partial charge in [-0.3, -0.25) is 4.79 Å². The zero-order valence-electron chi connectivity index (χ0n) is 19.5. The summed E-state index contributed by atoms with van der Waals surface area (Å²) in [5.74, 6) is -0.104. The molecule has 0 N–H and O–H groups in total. The molecule has 32 heavy (non-hydrogen) atoms. The minimum Gasteiger partial charge on any atom is -0.383 e. The van der Waals surface area contributed by atoms with Crippen molar-refractivity contribution in [3.8, 4) is 0 Å². The average molecular weight is 459 g/mol.